The van der Waals surface area contributed by atoms with Gasteiger partial charge in [0.1, 0.15) is 11.9 Å². The Balaban J connectivity index is 2.93. The number of alkyl halides is 1. The molecule has 0 N–H and O–H groups in total. The summed E-state index contributed by atoms with van der Waals surface area (Å²) in [6.07, 6.45) is 0.584. The standard InChI is InChI=1S/C11H7ClFN/c12-6-2-1-3-9-4-5-11(13)10(7-9)8-14/h4-5,7H,2,6H2. The Morgan fingerprint density at radius 1 is 1.43 bits per heavy atom. The third-order valence-electron chi connectivity index (χ3n) is 1.54. The SMILES string of the molecule is N#Cc1cc(C#CCCCl)ccc1F. The summed E-state index contributed by atoms with van der Waals surface area (Å²) < 4.78 is 12.9. The van der Waals surface area contributed by atoms with Crippen LogP contribution in [0.2, 0.25) is 0 Å². The number of hydrogen-bond donors (Lipinski definition) is 0. The fourth-order valence-corrected chi connectivity index (χ4v) is 0.995. The average molecular weight is 208 g/mol. The quantitative estimate of drug-likeness (QED) is 0.513. The maximum atomic E-state index is 12.9. The second kappa shape index (κ2) is 5.27. The van der Waals surface area contributed by atoms with Gasteiger partial charge in [0.05, 0.1) is 5.56 Å². The molecule has 0 aliphatic heterocycles. The third-order valence-corrected chi connectivity index (χ3v) is 1.73. The lowest BCUT2D eigenvalue weighted by molar-refractivity contribution is 0.624. The van der Waals surface area contributed by atoms with Crippen LogP contribution in [-0.4, -0.2) is 5.88 Å². The number of halogens is 2. The molecule has 1 rings (SSSR count). The molecule has 1 nitrogen and oxygen atoms in total. The highest BCUT2D eigenvalue weighted by Gasteiger charge is 2.00. The van der Waals surface area contributed by atoms with E-state index in [0.29, 0.717) is 17.9 Å². The summed E-state index contributed by atoms with van der Waals surface area (Å²) in [7, 11) is 0. The normalized spacial score (nSPS) is 8.64. The second-order valence-corrected chi connectivity index (χ2v) is 2.93. The Morgan fingerprint density at radius 3 is 2.86 bits per heavy atom. The number of benzene rings is 1. The van der Waals surface area contributed by atoms with Crippen LogP contribution in [0.25, 0.3) is 0 Å². The molecule has 0 heterocycles. The van der Waals surface area contributed by atoms with Crippen molar-refractivity contribution < 1.29 is 4.39 Å². The Morgan fingerprint density at radius 2 is 2.21 bits per heavy atom. The molecule has 0 saturated carbocycles. The van der Waals surface area contributed by atoms with E-state index in [1.165, 1.54) is 18.2 Å². The molecule has 0 aromatic heterocycles. The van der Waals surface area contributed by atoms with Crippen LogP contribution in [0, 0.1) is 29.0 Å². The first-order valence-corrected chi connectivity index (χ1v) is 4.56. The topological polar surface area (TPSA) is 23.8 Å². The van der Waals surface area contributed by atoms with Gasteiger partial charge in [-0.25, -0.2) is 4.39 Å². The van der Waals surface area contributed by atoms with E-state index in [1.807, 2.05) is 0 Å². The van der Waals surface area contributed by atoms with E-state index in [1.54, 1.807) is 6.07 Å². The molecule has 70 valence electrons. The van der Waals surface area contributed by atoms with Gasteiger partial charge >= 0.3 is 0 Å². The minimum atomic E-state index is -0.518. The van der Waals surface area contributed by atoms with Crippen molar-refractivity contribution in [2.45, 2.75) is 6.42 Å². The zero-order valence-electron chi connectivity index (χ0n) is 7.35. The molecule has 0 atom stereocenters. The molecule has 1 aromatic rings. The van der Waals surface area contributed by atoms with E-state index in [0.717, 1.165) is 0 Å². The lowest BCUT2D eigenvalue weighted by Gasteiger charge is -1.93. The lowest BCUT2D eigenvalue weighted by Crippen LogP contribution is -1.84. The van der Waals surface area contributed by atoms with Crippen LogP contribution >= 0.6 is 11.6 Å². The van der Waals surface area contributed by atoms with Crippen molar-refractivity contribution in [1.82, 2.24) is 0 Å². The van der Waals surface area contributed by atoms with Crippen LogP contribution in [0.15, 0.2) is 18.2 Å². The molecule has 0 bridgehead atoms. The minimum absolute atomic E-state index is 0.0164. The van der Waals surface area contributed by atoms with Crippen LogP contribution in [0.1, 0.15) is 17.5 Å². The molecular weight excluding hydrogens is 201 g/mol. The van der Waals surface area contributed by atoms with Crippen molar-refractivity contribution in [1.29, 1.82) is 5.26 Å². The van der Waals surface area contributed by atoms with Gasteiger partial charge in [-0.1, -0.05) is 11.8 Å². The molecule has 0 unspecified atom stereocenters. The van der Waals surface area contributed by atoms with Crippen molar-refractivity contribution in [3.63, 3.8) is 0 Å². The third kappa shape index (κ3) is 2.76. The fourth-order valence-electron chi connectivity index (χ4n) is 0.901. The molecule has 0 spiro atoms. The number of rotatable bonds is 1. The van der Waals surface area contributed by atoms with E-state index in [-0.39, 0.29) is 5.56 Å². The largest absolute Gasteiger partial charge is 0.206 e. The number of nitrogens with zero attached hydrogens (tertiary/aromatic N) is 1. The maximum absolute atomic E-state index is 12.9. The van der Waals surface area contributed by atoms with Gasteiger partial charge in [0.15, 0.2) is 0 Å². The van der Waals surface area contributed by atoms with Gasteiger partial charge in [-0.3, -0.25) is 0 Å². The molecule has 1 aromatic carbocycles. The molecule has 0 aliphatic carbocycles. The second-order valence-electron chi connectivity index (χ2n) is 2.55. The Kier molecular flexibility index (Phi) is 3.98. The van der Waals surface area contributed by atoms with Gasteiger partial charge in [0, 0.05) is 17.9 Å². The summed E-state index contributed by atoms with van der Waals surface area (Å²) >= 11 is 5.44. The van der Waals surface area contributed by atoms with Gasteiger partial charge in [0.25, 0.3) is 0 Å². The van der Waals surface area contributed by atoms with Crippen LogP contribution in [-0.2, 0) is 0 Å². The van der Waals surface area contributed by atoms with Gasteiger partial charge < -0.3 is 0 Å². The van der Waals surface area contributed by atoms with E-state index in [2.05, 4.69) is 11.8 Å². The molecule has 0 amide bonds. The summed E-state index contributed by atoms with van der Waals surface area (Å²) in [5.74, 6) is 5.56. The molecule has 3 heteroatoms. The molecule has 14 heavy (non-hydrogen) atoms. The number of hydrogen-bond acceptors (Lipinski definition) is 1. The van der Waals surface area contributed by atoms with Gasteiger partial charge in [0.2, 0.25) is 0 Å². The summed E-state index contributed by atoms with van der Waals surface area (Å²) in [4.78, 5) is 0. The summed E-state index contributed by atoms with van der Waals surface area (Å²) in [6, 6.07) is 5.96. The van der Waals surface area contributed by atoms with Crippen molar-refractivity contribution >= 4 is 11.6 Å². The predicted molar refractivity (Wildman–Crippen MR) is 53.3 cm³/mol. The van der Waals surface area contributed by atoms with Crippen molar-refractivity contribution in [2.24, 2.45) is 0 Å². The van der Waals surface area contributed by atoms with E-state index in [4.69, 9.17) is 16.9 Å². The first-order chi connectivity index (χ1) is 6.77. The molecule has 0 aliphatic rings. The first-order valence-electron chi connectivity index (χ1n) is 4.02. The Labute approximate surface area is 87.1 Å². The fraction of sp³-hybridized carbons (Fsp3) is 0.182. The van der Waals surface area contributed by atoms with Crippen LogP contribution in [0.5, 0.6) is 0 Å². The smallest absolute Gasteiger partial charge is 0.141 e. The number of nitriles is 1. The van der Waals surface area contributed by atoms with Gasteiger partial charge in [-0.2, -0.15) is 5.26 Å². The average Bonchev–Trinajstić information content (AvgIpc) is 2.21. The van der Waals surface area contributed by atoms with Crippen molar-refractivity contribution in [3.05, 3.63) is 35.1 Å². The molecule has 0 radical (unpaired) electrons. The minimum Gasteiger partial charge on any atom is -0.206 e. The van der Waals surface area contributed by atoms with E-state index in [9.17, 15) is 4.39 Å². The van der Waals surface area contributed by atoms with Crippen molar-refractivity contribution in [2.75, 3.05) is 5.88 Å². The first kappa shape index (κ1) is 10.6. The van der Waals surface area contributed by atoms with Crippen LogP contribution < -0.4 is 0 Å². The Hall–Kier alpha value is -1.51. The van der Waals surface area contributed by atoms with Crippen molar-refractivity contribution in [3.8, 4) is 17.9 Å². The molecule has 0 saturated heterocycles. The molecule has 0 fully saturated rings. The van der Waals surface area contributed by atoms with E-state index < -0.39 is 5.82 Å². The Bertz CT molecular complexity index is 423. The zero-order chi connectivity index (χ0) is 10.4. The zero-order valence-corrected chi connectivity index (χ0v) is 8.11. The highest BCUT2D eigenvalue weighted by atomic mass is 35.5. The van der Waals surface area contributed by atoms with Crippen LogP contribution in [0.3, 0.4) is 0 Å². The monoisotopic (exact) mass is 207 g/mol. The lowest BCUT2D eigenvalue weighted by atomic mass is 10.1. The highest BCUT2D eigenvalue weighted by Crippen LogP contribution is 2.08. The molecular formula is C11H7ClFN. The predicted octanol–water partition coefficient (Wildman–Crippen LogP) is 2.68. The van der Waals surface area contributed by atoms with E-state index >= 15 is 0 Å². The maximum Gasteiger partial charge on any atom is 0.141 e. The van der Waals surface area contributed by atoms with Gasteiger partial charge in [-0.15, -0.1) is 11.6 Å². The summed E-state index contributed by atoms with van der Waals surface area (Å²) in [6.45, 7) is 0. The highest BCUT2D eigenvalue weighted by molar-refractivity contribution is 6.18. The van der Waals surface area contributed by atoms with Crippen LogP contribution in [0.4, 0.5) is 4.39 Å². The summed E-state index contributed by atoms with van der Waals surface area (Å²) in [5, 5.41) is 8.56. The van der Waals surface area contributed by atoms with Gasteiger partial charge in [-0.05, 0) is 18.2 Å². The summed E-state index contributed by atoms with van der Waals surface area (Å²) in [5.41, 5.74) is 0.649.